The van der Waals surface area contributed by atoms with Gasteiger partial charge >= 0.3 is 0 Å². The molecule has 0 spiro atoms. The first-order valence-corrected chi connectivity index (χ1v) is 5.34. The number of anilines is 1. The standard InChI is InChI=1S/C12H18BNO/c1-12(2,3)14-10-6-4-9(5-7-10)11(15)8-13/h4-7,14H,8,13H2,1-3H3. The molecule has 0 aliphatic heterocycles. The van der Waals surface area contributed by atoms with Crippen molar-refractivity contribution >= 4 is 19.3 Å². The SMILES string of the molecule is BCC(=O)c1ccc(NC(C)(C)C)cc1. The van der Waals surface area contributed by atoms with Crippen LogP contribution in [0, 0.1) is 0 Å². The fraction of sp³-hybridized carbons (Fsp3) is 0.417. The van der Waals surface area contributed by atoms with E-state index in [1.54, 1.807) is 0 Å². The van der Waals surface area contributed by atoms with Crippen LogP contribution in [-0.2, 0) is 0 Å². The molecule has 0 aromatic heterocycles. The summed E-state index contributed by atoms with van der Waals surface area (Å²) in [6.45, 7) is 6.33. The number of hydrogen-bond acceptors (Lipinski definition) is 2. The molecular weight excluding hydrogens is 185 g/mol. The lowest BCUT2D eigenvalue weighted by Gasteiger charge is -2.22. The van der Waals surface area contributed by atoms with Crippen molar-refractivity contribution in [3.63, 3.8) is 0 Å². The van der Waals surface area contributed by atoms with Gasteiger partial charge < -0.3 is 5.32 Å². The maximum atomic E-state index is 11.4. The summed E-state index contributed by atoms with van der Waals surface area (Å²) in [4.78, 5) is 11.4. The minimum atomic E-state index is 0.0519. The molecule has 0 saturated heterocycles. The van der Waals surface area contributed by atoms with Gasteiger partial charge in [0, 0.05) is 16.8 Å². The van der Waals surface area contributed by atoms with Gasteiger partial charge in [-0.1, -0.05) is 0 Å². The average molecular weight is 203 g/mol. The molecule has 1 N–H and O–H groups in total. The van der Waals surface area contributed by atoms with Gasteiger partial charge in [0.25, 0.3) is 0 Å². The topological polar surface area (TPSA) is 29.1 Å². The number of hydrogen-bond donors (Lipinski definition) is 1. The van der Waals surface area contributed by atoms with E-state index in [2.05, 4.69) is 26.1 Å². The van der Waals surface area contributed by atoms with E-state index in [0.29, 0.717) is 6.32 Å². The Morgan fingerprint density at radius 2 is 1.80 bits per heavy atom. The predicted octanol–water partition coefficient (Wildman–Crippen LogP) is 2.13. The Kier molecular flexibility index (Phi) is 3.56. The van der Waals surface area contributed by atoms with Crippen LogP contribution in [0.2, 0.25) is 6.32 Å². The van der Waals surface area contributed by atoms with E-state index in [1.807, 2.05) is 32.1 Å². The molecule has 0 fully saturated rings. The van der Waals surface area contributed by atoms with Crippen molar-refractivity contribution in [1.29, 1.82) is 0 Å². The van der Waals surface area contributed by atoms with Gasteiger partial charge in [0.05, 0.1) is 0 Å². The second-order valence-electron chi connectivity index (χ2n) is 4.73. The van der Waals surface area contributed by atoms with Crippen molar-refractivity contribution < 1.29 is 4.79 Å². The fourth-order valence-corrected chi connectivity index (χ4v) is 1.38. The Labute approximate surface area is 92.5 Å². The molecular formula is C12H18BNO. The number of carbonyl (C=O) groups is 1. The molecule has 0 aliphatic rings. The maximum Gasteiger partial charge on any atom is 0.155 e. The molecule has 0 radical (unpaired) electrons. The lowest BCUT2D eigenvalue weighted by molar-refractivity contribution is 0.101. The van der Waals surface area contributed by atoms with E-state index in [9.17, 15) is 4.79 Å². The monoisotopic (exact) mass is 203 g/mol. The predicted molar refractivity (Wildman–Crippen MR) is 67.5 cm³/mol. The molecule has 1 aromatic carbocycles. The van der Waals surface area contributed by atoms with Gasteiger partial charge in [0.1, 0.15) is 7.85 Å². The number of rotatable bonds is 3. The summed E-state index contributed by atoms with van der Waals surface area (Å²) in [5.41, 5.74) is 1.89. The quantitative estimate of drug-likeness (QED) is 0.602. The molecule has 3 heteroatoms. The van der Waals surface area contributed by atoms with Crippen molar-refractivity contribution in [2.24, 2.45) is 0 Å². The minimum absolute atomic E-state index is 0.0519. The molecule has 80 valence electrons. The number of carbonyl (C=O) groups excluding carboxylic acids is 1. The molecule has 0 heterocycles. The first-order chi connectivity index (χ1) is 6.92. The number of ketones is 1. The number of Topliss-reactive ketones (excluding diaryl/α,β-unsaturated/α-hetero) is 1. The molecule has 15 heavy (non-hydrogen) atoms. The zero-order valence-electron chi connectivity index (χ0n) is 9.92. The van der Waals surface area contributed by atoms with Crippen LogP contribution in [-0.4, -0.2) is 19.2 Å². The van der Waals surface area contributed by atoms with Crippen LogP contribution in [0.5, 0.6) is 0 Å². The molecule has 2 nitrogen and oxygen atoms in total. The van der Waals surface area contributed by atoms with Gasteiger partial charge in [-0.3, -0.25) is 4.79 Å². The third-order valence-corrected chi connectivity index (χ3v) is 2.05. The van der Waals surface area contributed by atoms with Gasteiger partial charge in [-0.15, -0.1) is 0 Å². The lowest BCUT2D eigenvalue weighted by atomic mass is 9.96. The summed E-state index contributed by atoms with van der Waals surface area (Å²) in [5.74, 6) is 0.192. The summed E-state index contributed by atoms with van der Waals surface area (Å²) in [7, 11) is 1.88. The molecule has 0 aliphatic carbocycles. The summed E-state index contributed by atoms with van der Waals surface area (Å²) < 4.78 is 0. The Bertz CT molecular complexity index is 338. The van der Waals surface area contributed by atoms with Crippen molar-refractivity contribution in [3.05, 3.63) is 29.8 Å². The summed E-state index contributed by atoms with van der Waals surface area (Å²) in [6.07, 6.45) is 0.562. The smallest absolute Gasteiger partial charge is 0.155 e. The van der Waals surface area contributed by atoms with Crippen LogP contribution in [0.3, 0.4) is 0 Å². The van der Waals surface area contributed by atoms with E-state index in [0.717, 1.165) is 11.3 Å². The van der Waals surface area contributed by atoms with Crippen LogP contribution < -0.4 is 5.32 Å². The first-order valence-electron chi connectivity index (χ1n) is 5.34. The van der Waals surface area contributed by atoms with E-state index in [-0.39, 0.29) is 11.3 Å². The fourth-order valence-electron chi connectivity index (χ4n) is 1.38. The van der Waals surface area contributed by atoms with Gasteiger partial charge in [-0.2, -0.15) is 0 Å². The Morgan fingerprint density at radius 3 is 2.20 bits per heavy atom. The van der Waals surface area contributed by atoms with Crippen LogP contribution in [0.15, 0.2) is 24.3 Å². The Morgan fingerprint density at radius 1 is 1.27 bits per heavy atom. The van der Waals surface area contributed by atoms with Crippen molar-refractivity contribution in [2.75, 3.05) is 5.32 Å². The molecule has 1 rings (SSSR count). The van der Waals surface area contributed by atoms with Gasteiger partial charge in [0.2, 0.25) is 0 Å². The largest absolute Gasteiger partial charge is 0.380 e. The van der Waals surface area contributed by atoms with Crippen LogP contribution in [0.4, 0.5) is 5.69 Å². The third kappa shape index (κ3) is 3.78. The highest BCUT2D eigenvalue weighted by molar-refractivity contribution is 6.24. The highest BCUT2D eigenvalue weighted by Crippen LogP contribution is 2.15. The maximum absolute atomic E-state index is 11.4. The first kappa shape index (κ1) is 11.8. The van der Waals surface area contributed by atoms with E-state index in [4.69, 9.17) is 0 Å². The van der Waals surface area contributed by atoms with E-state index in [1.165, 1.54) is 0 Å². The van der Waals surface area contributed by atoms with Gasteiger partial charge in [-0.05, 0) is 51.4 Å². The normalized spacial score (nSPS) is 11.1. The Balaban J connectivity index is 2.77. The van der Waals surface area contributed by atoms with Crippen LogP contribution in [0.1, 0.15) is 31.1 Å². The summed E-state index contributed by atoms with van der Waals surface area (Å²) >= 11 is 0. The Hall–Kier alpha value is -1.25. The van der Waals surface area contributed by atoms with Gasteiger partial charge in [0.15, 0.2) is 5.78 Å². The second kappa shape index (κ2) is 4.52. The molecule has 0 bridgehead atoms. The summed E-state index contributed by atoms with van der Waals surface area (Å²) in [5, 5.41) is 3.35. The van der Waals surface area contributed by atoms with Crippen molar-refractivity contribution in [1.82, 2.24) is 0 Å². The third-order valence-electron chi connectivity index (χ3n) is 2.05. The van der Waals surface area contributed by atoms with Crippen LogP contribution >= 0.6 is 0 Å². The van der Waals surface area contributed by atoms with Crippen molar-refractivity contribution in [3.8, 4) is 0 Å². The highest BCUT2D eigenvalue weighted by atomic mass is 16.1. The van der Waals surface area contributed by atoms with Crippen LogP contribution in [0.25, 0.3) is 0 Å². The zero-order chi connectivity index (χ0) is 11.5. The van der Waals surface area contributed by atoms with Crippen molar-refractivity contribution in [2.45, 2.75) is 32.6 Å². The molecule has 1 aromatic rings. The summed E-state index contributed by atoms with van der Waals surface area (Å²) in [6, 6.07) is 7.65. The second-order valence-corrected chi connectivity index (χ2v) is 4.73. The zero-order valence-corrected chi connectivity index (χ0v) is 9.92. The molecule has 0 unspecified atom stereocenters. The van der Waals surface area contributed by atoms with E-state index < -0.39 is 0 Å². The van der Waals surface area contributed by atoms with Gasteiger partial charge in [-0.25, -0.2) is 0 Å². The lowest BCUT2D eigenvalue weighted by Crippen LogP contribution is -2.25. The molecule has 0 saturated carbocycles. The highest BCUT2D eigenvalue weighted by Gasteiger charge is 2.09. The van der Waals surface area contributed by atoms with E-state index >= 15 is 0 Å². The minimum Gasteiger partial charge on any atom is -0.380 e. The average Bonchev–Trinajstić information content (AvgIpc) is 2.15. The number of nitrogens with one attached hydrogen (secondary N) is 1. The number of benzene rings is 1. The molecule has 0 atom stereocenters. The molecule has 0 amide bonds.